The molecule has 1 saturated heterocycles. The third-order valence-corrected chi connectivity index (χ3v) is 3.24. The quantitative estimate of drug-likeness (QED) is 0.851. The van der Waals surface area contributed by atoms with E-state index in [0.717, 1.165) is 44.1 Å². The maximum absolute atomic E-state index is 12.0. The molecule has 2 rings (SSSR count). The number of amides is 1. The van der Waals surface area contributed by atoms with Crippen molar-refractivity contribution in [2.75, 3.05) is 36.8 Å². The molecule has 0 aliphatic carbocycles. The summed E-state index contributed by atoms with van der Waals surface area (Å²) in [5.74, 6) is 1.73. The van der Waals surface area contributed by atoms with E-state index in [1.165, 1.54) is 6.42 Å². The first-order chi connectivity index (χ1) is 9.29. The zero-order chi connectivity index (χ0) is 13.5. The summed E-state index contributed by atoms with van der Waals surface area (Å²) in [6, 6.07) is 5.73. The first kappa shape index (κ1) is 13.6. The van der Waals surface area contributed by atoms with Crippen LogP contribution in [0, 0.1) is 0 Å². The molecule has 1 fully saturated rings. The second kappa shape index (κ2) is 6.97. The van der Waals surface area contributed by atoms with Crippen molar-refractivity contribution in [2.24, 2.45) is 0 Å². The molecule has 1 aromatic heterocycles. The number of carbonyl (C=O) groups is 1. The van der Waals surface area contributed by atoms with Crippen LogP contribution >= 0.6 is 0 Å². The fourth-order valence-electron chi connectivity index (χ4n) is 2.23. The molecule has 1 aliphatic heterocycles. The average molecular weight is 262 g/mol. The van der Waals surface area contributed by atoms with Crippen LogP contribution in [0.2, 0.25) is 0 Å². The molecule has 19 heavy (non-hydrogen) atoms. The Morgan fingerprint density at radius 2 is 1.89 bits per heavy atom. The molecule has 1 amide bonds. The van der Waals surface area contributed by atoms with Gasteiger partial charge < -0.3 is 15.5 Å². The van der Waals surface area contributed by atoms with Crippen LogP contribution in [0.25, 0.3) is 0 Å². The molecular formula is C14H22N4O. The molecular weight excluding hydrogens is 240 g/mol. The number of piperidine rings is 1. The number of nitrogens with zero attached hydrogens (tertiary/aromatic N) is 2. The average Bonchev–Trinajstić information content (AvgIpc) is 2.46. The van der Waals surface area contributed by atoms with E-state index in [1.807, 2.05) is 30.0 Å². The van der Waals surface area contributed by atoms with Crippen molar-refractivity contribution >= 4 is 17.5 Å². The minimum atomic E-state index is 0.162. The van der Waals surface area contributed by atoms with Gasteiger partial charge >= 0.3 is 0 Å². The van der Waals surface area contributed by atoms with E-state index in [1.54, 1.807) is 0 Å². The highest BCUT2D eigenvalue weighted by Gasteiger charge is 2.15. The second-order valence-electron chi connectivity index (χ2n) is 4.73. The Bertz CT molecular complexity index is 416. The van der Waals surface area contributed by atoms with Crippen LogP contribution in [0.15, 0.2) is 18.2 Å². The number of aromatic nitrogens is 1. The first-order valence-corrected chi connectivity index (χ1v) is 7.02. The van der Waals surface area contributed by atoms with Crippen LogP contribution in [-0.4, -0.2) is 42.0 Å². The largest absolute Gasteiger partial charge is 0.370 e. The topological polar surface area (TPSA) is 57.3 Å². The number of pyridine rings is 1. The van der Waals surface area contributed by atoms with E-state index in [2.05, 4.69) is 15.6 Å². The summed E-state index contributed by atoms with van der Waals surface area (Å²) in [5.41, 5.74) is 0. The van der Waals surface area contributed by atoms with Gasteiger partial charge in [0.05, 0.1) is 6.54 Å². The van der Waals surface area contributed by atoms with Gasteiger partial charge in [-0.1, -0.05) is 6.07 Å². The molecule has 1 aliphatic rings. The lowest BCUT2D eigenvalue weighted by molar-refractivity contribution is -0.130. The molecule has 0 radical (unpaired) electrons. The van der Waals surface area contributed by atoms with Crippen molar-refractivity contribution in [1.29, 1.82) is 0 Å². The van der Waals surface area contributed by atoms with Crippen LogP contribution in [0.4, 0.5) is 11.6 Å². The molecule has 0 aromatic carbocycles. The molecule has 2 heterocycles. The maximum atomic E-state index is 12.0. The Hall–Kier alpha value is -1.78. The van der Waals surface area contributed by atoms with Crippen LogP contribution in [0.3, 0.4) is 0 Å². The minimum Gasteiger partial charge on any atom is -0.370 e. The fourth-order valence-corrected chi connectivity index (χ4v) is 2.23. The highest BCUT2D eigenvalue weighted by Crippen LogP contribution is 2.11. The fraction of sp³-hybridized carbons (Fsp3) is 0.571. The standard InChI is InChI=1S/C14H22N4O/c1-2-15-12-7-6-8-13(17-12)16-11-14(19)18-9-4-3-5-10-18/h6-8H,2-5,9-11H2,1H3,(H2,15,16,17). The van der Waals surface area contributed by atoms with Crippen LogP contribution in [0.1, 0.15) is 26.2 Å². The van der Waals surface area contributed by atoms with Crippen molar-refractivity contribution in [3.05, 3.63) is 18.2 Å². The van der Waals surface area contributed by atoms with Gasteiger partial charge in [-0.05, 0) is 38.3 Å². The van der Waals surface area contributed by atoms with Crippen molar-refractivity contribution in [3.8, 4) is 0 Å². The smallest absolute Gasteiger partial charge is 0.241 e. The Balaban J connectivity index is 1.83. The van der Waals surface area contributed by atoms with Gasteiger partial charge in [0.15, 0.2) is 0 Å². The van der Waals surface area contributed by atoms with Crippen LogP contribution in [-0.2, 0) is 4.79 Å². The second-order valence-corrected chi connectivity index (χ2v) is 4.73. The van der Waals surface area contributed by atoms with Gasteiger partial charge in [0.25, 0.3) is 0 Å². The monoisotopic (exact) mass is 262 g/mol. The number of hydrogen-bond donors (Lipinski definition) is 2. The third kappa shape index (κ3) is 4.12. The predicted octanol–water partition coefficient (Wildman–Crippen LogP) is 1.94. The molecule has 1 aromatic rings. The lowest BCUT2D eigenvalue weighted by Gasteiger charge is -2.26. The number of carbonyl (C=O) groups excluding carboxylic acids is 1. The summed E-state index contributed by atoms with van der Waals surface area (Å²) in [7, 11) is 0. The lowest BCUT2D eigenvalue weighted by atomic mass is 10.1. The number of nitrogens with one attached hydrogen (secondary N) is 2. The molecule has 0 saturated carbocycles. The van der Waals surface area contributed by atoms with E-state index < -0.39 is 0 Å². The number of anilines is 2. The van der Waals surface area contributed by atoms with Gasteiger partial charge in [-0.2, -0.15) is 0 Å². The zero-order valence-corrected chi connectivity index (χ0v) is 11.5. The SMILES string of the molecule is CCNc1cccc(NCC(=O)N2CCCCC2)n1. The molecule has 0 unspecified atom stereocenters. The molecule has 0 atom stereocenters. The Labute approximate surface area is 114 Å². The molecule has 2 N–H and O–H groups in total. The Morgan fingerprint density at radius 1 is 1.21 bits per heavy atom. The number of rotatable bonds is 5. The molecule has 0 spiro atoms. The first-order valence-electron chi connectivity index (χ1n) is 7.02. The van der Waals surface area contributed by atoms with Gasteiger partial charge in [-0.3, -0.25) is 4.79 Å². The van der Waals surface area contributed by atoms with Crippen molar-refractivity contribution in [1.82, 2.24) is 9.88 Å². The summed E-state index contributed by atoms with van der Waals surface area (Å²) in [6.45, 7) is 4.98. The molecule has 5 nitrogen and oxygen atoms in total. The van der Waals surface area contributed by atoms with Gasteiger partial charge in [-0.15, -0.1) is 0 Å². The summed E-state index contributed by atoms with van der Waals surface area (Å²) in [6.07, 6.45) is 3.49. The highest BCUT2D eigenvalue weighted by atomic mass is 16.2. The van der Waals surface area contributed by atoms with Gasteiger partial charge in [0.1, 0.15) is 11.6 Å². The van der Waals surface area contributed by atoms with E-state index in [-0.39, 0.29) is 5.91 Å². The zero-order valence-electron chi connectivity index (χ0n) is 11.5. The number of likely N-dealkylation sites (tertiary alicyclic amines) is 1. The van der Waals surface area contributed by atoms with E-state index >= 15 is 0 Å². The summed E-state index contributed by atoms with van der Waals surface area (Å²) < 4.78 is 0. The lowest BCUT2D eigenvalue weighted by Crippen LogP contribution is -2.39. The summed E-state index contributed by atoms with van der Waals surface area (Å²) in [5, 5.41) is 6.25. The molecule has 104 valence electrons. The molecule has 5 heteroatoms. The summed E-state index contributed by atoms with van der Waals surface area (Å²) >= 11 is 0. The van der Waals surface area contributed by atoms with Crippen molar-refractivity contribution in [2.45, 2.75) is 26.2 Å². The van der Waals surface area contributed by atoms with Crippen LogP contribution < -0.4 is 10.6 Å². The Kier molecular flexibility index (Phi) is 5.01. The van der Waals surface area contributed by atoms with Gasteiger partial charge in [-0.25, -0.2) is 4.98 Å². The summed E-state index contributed by atoms with van der Waals surface area (Å²) in [4.78, 5) is 18.3. The van der Waals surface area contributed by atoms with Crippen molar-refractivity contribution in [3.63, 3.8) is 0 Å². The van der Waals surface area contributed by atoms with Crippen LogP contribution in [0.5, 0.6) is 0 Å². The van der Waals surface area contributed by atoms with E-state index in [4.69, 9.17) is 0 Å². The molecule has 0 bridgehead atoms. The third-order valence-electron chi connectivity index (χ3n) is 3.24. The normalized spacial score (nSPS) is 15.1. The van der Waals surface area contributed by atoms with Gasteiger partial charge in [0.2, 0.25) is 5.91 Å². The maximum Gasteiger partial charge on any atom is 0.241 e. The number of hydrogen-bond acceptors (Lipinski definition) is 4. The van der Waals surface area contributed by atoms with Gasteiger partial charge in [0, 0.05) is 19.6 Å². The highest BCUT2D eigenvalue weighted by molar-refractivity contribution is 5.80. The van der Waals surface area contributed by atoms with E-state index in [0.29, 0.717) is 6.54 Å². The van der Waals surface area contributed by atoms with E-state index in [9.17, 15) is 4.79 Å². The predicted molar refractivity (Wildman–Crippen MR) is 77.3 cm³/mol. The minimum absolute atomic E-state index is 0.162. The van der Waals surface area contributed by atoms with Crippen molar-refractivity contribution < 1.29 is 4.79 Å². The Morgan fingerprint density at radius 3 is 2.58 bits per heavy atom.